The molecule has 0 saturated carbocycles. The molecular weight excluding hydrogens is 450 g/mol. The first-order chi connectivity index (χ1) is 15.8. The van der Waals surface area contributed by atoms with Crippen LogP contribution in [-0.2, 0) is 4.79 Å². The number of halogens is 3. The van der Waals surface area contributed by atoms with Gasteiger partial charge in [0.25, 0.3) is 11.8 Å². The summed E-state index contributed by atoms with van der Waals surface area (Å²) in [6, 6.07) is 6.66. The lowest BCUT2D eigenvalue weighted by atomic mass is 9.98. The molecule has 2 atom stereocenters. The molecule has 1 aliphatic carbocycles. The number of aromatic nitrogens is 1. The van der Waals surface area contributed by atoms with E-state index in [-0.39, 0.29) is 5.92 Å². The number of hydrogen-bond acceptors (Lipinski definition) is 4. The van der Waals surface area contributed by atoms with E-state index in [9.17, 15) is 18.4 Å². The van der Waals surface area contributed by atoms with Crippen molar-refractivity contribution < 1.29 is 18.4 Å². The van der Waals surface area contributed by atoms with E-state index in [2.05, 4.69) is 10.3 Å². The van der Waals surface area contributed by atoms with Gasteiger partial charge in [0.1, 0.15) is 0 Å². The predicted molar refractivity (Wildman–Crippen MR) is 120 cm³/mol. The van der Waals surface area contributed by atoms with Crippen LogP contribution in [0.2, 0.25) is 0 Å². The fraction of sp³-hybridized carbons (Fsp3) is 0.250. The topological polar surface area (TPSA) is 86.1 Å². The van der Waals surface area contributed by atoms with Gasteiger partial charge in [0.05, 0.1) is 30.2 Å². The highest BCUT2D eigenvalue weighted by Gasteiger charge is 2.57. The quantitative estimate of drug-likeness (QED) is 0.717. The number of alkyl halides is 2. The van der Waals surface area contributed by atoms with Crippen LogP contribution >= 0.6 is 11.6 Å². The van der Waals surface area contributed by atoms with Gasteiger partial charge in [-0.1, -0.05) is 42.0 Å². The number of carbonyl (C=O) groups is 2. The van der Waals surface area contributed by atoms with Gasteiger partial charge in [-0.25, -0.2) is 8.78 Å². The van der Waals surface area contributed by atoms with Crippen LogP contribution in [0.5, 0.6) is 0 Å². The third-order valence-corrected chi connectivity index (χ3v) is 5.85. The third kappa shape index (κ3) is 4.78. The minimum absolute atomic E-state index is 0.219. The van der Waals surface area contributed by atoms with E-state index in [1.54, 1.807) is 6.07 Å². The largest absolute Gasteiger partial charge is 0.343 e. The number of nitriles is 1. The summed E-state index contributed by atoms with van der Waals surface area (Å²) >= 11 is 5.95. The van der Waals surface area contributed by atoms with Crippen LogP contribution in [0, 0.1) is 17.2 Å². The highest BCUT2D eigenvalue weighted by molar-refractivity contribution is 6.31. The van der Waals surface area contributed by atoms with Crippen LogP contribution < -0.4 is 5.32 Å². The van der Waals surface area contributed by atoms with Crippen LogP contribution in [-0.4, -0.2) is 46.8 Å². The number of likely N-dealkylation sites (tertiary alicyclic amines) is 1. The average molecular weight is 469 g/mol. The molecule has 2 aromatic rings. The molecule has 0 spiro atoms. The smallest absolute Gasteiger partial charge is 0.298 e. The molecule has 1 N–H and O–H groups in total. The average Bonchev–Trinajstić information content (AvgIpc) is 2.80. The van der Waals surface area contributed by atoms with Crippen LogP contribution in [0.3, 0.4) is 0 Å². The maximum Gasteiger partial charge on any atom is 0.298 e. The van der Waals surface area contributed by atoms with Crippen LogP contribution in [0.1, 0.15) is 22.3 Å². The van der Waals surface area contributed by atoms with Gasteiger partial charge in [0, 0.05) is 16.6 Å². The van der Waals surface area contributed by atoms with Crippen molar-refractivity contribution in [1.29, 1.82) is 5.26 Å². The molecule has 6 nitrogen and oxygen atoms in total. The number of nitrogens with one attached hydrogen (secondary N) is 1. The number of fused-ring (bicyclic) bond motifs is 1. The van der Waals surface area contributed by atoms with Gasteiger partial charge in [-0.2, -0.15) is 5.26 Å². The molecule has 1 aromatic heterocycles. The predicted octanol–water partition coefficient (Wildman–Crippen LogP) is 4.05. The normalized spacial score (nSPS) is 21.4. The van der Waals surface area contributed by atoms with Crippen molar-refractivity contribution in [3.63, 3.8) is 0 Å². The zero-order chi connectivity index (χ0) is 23.6. The number of pyridine rings is 1. The zero-order valence-electron chi connectivity index (χ0n) is 17.3. The first-order valence-corrected chi connectivity index (χ1v) is 10.6. The fourth-order valence-electron chi connectivity index (χ4n) is 3.72. The number of benzene rings is 1. The second kappa shape index (κ2) is 9.12. The van der Waals surface area contributed by atoms with E-state index in [1.807, 2.05) is 42.5 Å². The molecule has 4 rings (SSSR count). The van der Waals surface area contributed by atoms with Gasteiger partial charge >= 0.3 is 0 Å². The van der Waals surface area contributed by atoms with Gasteiger partial charge in [-0.3, -0.25) is 14.6 Å². The van der Waals surface area contributed by atoms with Gasteiger partial charge in [-0.15, -0.1) is 0 Å². The van der Waals surface area contributed by atoms with Crippen LogP contribution in [0.15, 0.2) is 59.8 Å². The number of allylic oxidation sites excluding steroid dienone is 5. The van der Waals surface area contributed by atoms with E-state index >= 15 is 0 Å². The first kappa shape index (κ1) is 22.6. The van der Waals surface area contributed by atoms with Gasteiger partial charge in [-0.05, 0) is 42.2 Å². The maximum absolute atomic E-state index is 13.4. The van der Waals surface area contributed by atoms with Crippen molar-refractivity contribution in [2.75, 3.05) is 13.1 Å². The summed E-state index contributed by atoms with van der Waals surface area (Å²) in [6.45, 7) is -1.31. The summed E-state index contributed by atoms with van der Waals surface area (Å²) in [5.74, 6) is -4.28. The molecule has 2 heterocycles. The summed E-state index contributed by atoms with van der Waals surface area (Å²) in [5, 5.41) is 12.6. The molecule has 168 valence electrons. The number of rotatable bonds is 5. The molecule has 0 bridgehead atoms. The Morgan fingerprint density at radius 3 is 2.88 bits per heavy atom. The fourth-order valence-corrected chi connectivity index (χ4v) is 3.88. The van der Waals surface area contributed by atoms with Crippen molar-refractivity contribution in [3.8, 4) is 6.07 Å². The molecule has 1 aliphatic heterocycles. The van der Waals surface area contributed by atoms with Gasteiger partial charge in [0.15, 0.2) is 6.04 Å². The SMILES string of the molecule is N#CC1N(C(=O)CNC(=O)c2ccnc3ccc(C=CC4C=CC(Cl)=CC4)cc23)CC1(F)F. The molecule has 1 saturated heterocycles. The Balaban J connectivity index is 1.46. The van der Waals surface area contributed by atoms with E-state index in [4.69, 9.17) is 16.9 Å². The Bertz CT molecular complexity index is 1250. The van der Waals surface area contributed by atoms with Crippen molar-refractivity contribution in [2.24, 2.45) is 5.92 Å². The number of hydrogen-bond donors (Lipinski definition) is 1. The summed E-state index contributed by atoms with van der Waals surface area (Å²) in [4.78, 5) is 30.0. The molecule has 9 heteroatoms. The Labute approximate surface area is 193 Å². The Morgan fingerprint density at radius 1 is 1.36 bits per heavy atom. The summed E-state index contributed by atoms with van der Waals surface area (Å²) in [7, 11) is 0. The molecule has 2 amide bonds. The molecular formula is C24H19ClF2N4O2. The molecule has 1 aromatic carbocycles. The van der Waals surface area contributed by atoms with E-state index in [0.717, 1.165) is 21.9 Å². The Hall–Kier alpha value is -3.57. The standard InChI is InChI=1S/C24H19ClF2N4O2/c25-17-6-3-15(4-7-17)1-2-16-5-8-20-19(11-16)18(9-10-29-20)23(33)30-13-22(32)31-14-24(26,27)21(31)12-28/h1-3,5-11,15,21H,4,13-14H2,(H,30,33). The summed E-state index contributed by atoms with van der Waals surface area (Å²) in [6.07, 6.45) is 12.1. The number of nitrogens with zero attached hydrogens (tertiary/aromatic N) is 3. The number of amides is 2. The Morgan fingerprint density at radius 2 is 2.18 bits per heavy atom. The summed E-state index contributed by atoms with van der Waals surface area (Å²) in [5.41, 5.74) is 1.78. The van der Waals surface area contributed by atoms with E-state index in [1.165, 1.54) is 18.3 Å². The maximum atomic E-state index is 13.4. The molecule has 0 radical (unpaired) electrons. The molecule has 2 aliphatic rings. The lowest BCUT2D eigenvalue weighted by Gasteiger charge is -2.43. The Kier molecular flexibility index (Phi) is 6.25. The first-order valence-electron chi connectivity index (χ1n) is 10.2. The highest BCUT2D eigenvalue weighted by atomic mass is 35.5. The van der Waals surface area contributed by atoms with E-state index in [0.29, 0.717) is 16.5 Å². The minimum atomic E-state index is -3.23. The molecule has 2 unspecified atom stereocenters. The van der Waals surface area contributed by atoms with Crippen LogP contribution in [0.4, 0.5) is 8.78 Å². The highest BCUT2D eigenvalue weighted by Crippen LogP contribution is 2.34. The van der Waals surface area contributed by atoms with Crippen molar-refractivity contribution >= 4 is 40.4 Å². The number of carbonyl (C=O) groups excluding carboxylic acids is 2. The lowest BCUT2D eigenvalue weighted by molar-refractivity contribution is -0.180. The second-order valence-electron chi connectivity index (χ2n) is 7.84. The van der Waals surface area contributed by atoms with Crippen molar-refractivity contribution in [2.45, 2.75) is 18.4 Å². The zero-order valence-corrected chi connectivity index (χ0v) is 18.1. The molecule has 1 fully saturated rings. The lowest BCUT2D eigenvalue weighted by Crippen LogP contribution is -2.67. The van der Waals surface area contributed by atoms with Crippen molar-refractivity contribution in [1.82, 2.24) is 15.2 Å². The van der Waals surface area contributed by atoms with Crippen LogP contribution in [0.25, 0.3) is 17.0 Å². The molecule has 33 heavy (non-hydrogen) atoms. The monoisotopic (exact) mass is 468 g/mol. The van der Waals surface area contributed by atoms with Gasteiger partial charge in [0.2, 0.25) is 5.91 Å². The van der Waals surface area contributed by atoms with Gasteiger partial charge < -0.3 is 10.2 Å². The summed E-state index contributed by atoms with van der Waals surface area (Å²) < 4.78 is 26.7. The minimum Gasteiger partial charge on any atom is -0.343 e. The third-order valence-electron chi connectivity index (χ3n) is 5.57. The van der Waals surface area contributed by atoms with Crippen molar-refractivity contribution in [3.05, 3.63) is 70.9 Å². The second-order valence-corrected chi connectivity index (χ2v) is 8.28. The van der Waals surface area contributed by atoms with E-state index < -0.39 is 36.9 Å².